The van der Waals surface area contributed by atoms with Gasteiger partial charge in [0, 0.05) is 19.5 Å². The summed E-state index contributed by atoms with van der Waals surface area (Å²) in [7, 11) is 1.63. The Balaban J connectivity index is 2.15. The van der Waals surface area contributed by atoms with Crippen molar-refractivity contribution < 1.29 is 14.3 Å². The van der Waals surface area contributed by atoms with Crippen molar-refractivity contribution in [1.82, 2.24) is 5.32 Å². The van der Waals surface area contributed by atoms with Gasteiger partial charge < -0.3 is 20.5 Å². The molecule has 1 amide bonds. The number of nitrogens with two attached hydrogens (primary N) is 1. The zero-order valence-electron chi connectivity index (χ0n) is 11.4. The lowest BCUT2D eigenvalue weighted by atomic mass is 10.1. The average Bonchev–Trinajstić information content (AvgIpc) is 2.45. The van der Waals surface area contributed by atoms with Crippen molar-refractivity contribution in [3.63, 3.8) is 0 Å². The number of carbonyl (C=O) groups is 1. The van der Waals surface area contributed by atoms with Gasteiger partial charge in [0.05, 0.1) is 20.3 Å². The lowest BCUT2D eigenvalue weighted by Gasteiger charge is -2.06. The number of aryl methyl sites for hydroxylation is 1. The summed E-state index contributed by atoms with van der Waals surface area (Å²) in [6.45, 7) is 2.07. The molecule has 1 aromatic carbocycles. The van der Waals surface area contributed by atoms with Gasteiger partial charge >= 0.3 is 0 Å². The molecule has 0 spiro atoms. The third-order valence-electron chi connectivity index (χ3n) is 2.63. The summed E-state index contributed by atoms with van der Waals surface area (Å²) >= 11 is 0. The molecule has 0 heterocycles. The lowest BCUT2D eigenvalue weighted by molar-refractivity contribution is -0.121. The first-order valence-electron chi connectivity index (χ1n) is 6.43. The number of benzene rings is 1. The molecule has 106 valence electrons. The summed E-state index contributed by atoms with van der Waals surface area (Å²) in [6.07, 6.45) is 1.20. The molecule has 0 aliphatic rings. The highest BCUT2D eigenvalue weighted by atomic mass is 16.5. The van der Waals surface area contributed by atoms with Crippen molar-refractivity contribution >= 4 is 5.91 Å². The molecule has 0 atom stereocenters. The van der Waals surface area contributed by atoms with Gasteiger partial charge in [-0.2, -0.15) is 0 Å². The van der Waals surface area contributed by atoms with Crippen molar-refractivity contribution in [2.24, 2.45) is 5.73 Å². The molecule has 0 unspecified atom stereocenters. The SMILES string of the molecule is COc1ccc(CCC(=O)NCCOCCN)cc1. The van der Waals surface area contributed by atoms with Crippen LogP contribution in [0.2, 0.25) is 0 Å². The summed E-state index contributed by atoms with van der Waals surface area (Å²) in [6, 6.07) is 7.73. The van der Waals surface area contributed by atoms with Gasteiger partial charge in [-0.1, -0.05) is 12.1 Å². The van der Waals surface area contributed by atoms with Crippen LogP contribution in [0, 0.1) is 0 Å². The van der Waals surface area contributed by atoms with Crippen molar-refractivity contribution in [2.75, 3.05) is 33.4 Å². The zero-order chi connectivity index (χ0) is 13.9. The Morgan fingerprint density at radius 1 is 1.26 bits per heavy atom. The summed E-state index contributed by atoms with van der Waals surface area (Å²) in [5.41, 5.74) is 6.40. The predicted octanol–water partition coefficient (Wildman–Crippen LogP) is 0.719. The molecule has 0 bridgehead atoms. The Kier molecular flexibility index (Phi) is 7.62. The Morgan fingerprint density at radius 2 is 2.00 bits per heavy atom. The van der Waals surface area contributed by atoms with E-state index in [-0.39, 0.29) is 5.91 Å². The van der Waals surface area contributed by atoms with Gasteiger partial charge in [0.1, 0.15) is 5.75 Å². The Bertz CT molecular complexity index is 365. The van der Waals surface area contributed by atoms with Crippen molar-refractivity contribution in [3.8, 4) is 5.75 Å². The van der Waals surface area contributed by atoms with Gasteiger partial charge in [0.2, 0.25) is 5.91 Å². The van der Waals surface area contributed by atoms with Crippen LogP contribution in [0.3, 0.4) is 0 Å². The molecule has 5 heteroatoms. The van der Waals surface area contributed by atoms with Crippen LogP contribution in [0.15, 0.2) is 24.3 Å². The second-order valence-corrected chi connectivity index (χ2v) is 4.10. The van der Waals surface area contributed by atoms with E-state index in [9.17, 15) is 4.79 Å². The molecule has 0 saturated carbocycles. The molecule has 0 aromatic heterocycles. The number of ether oxygens (including phenoxy) is 2. The molecule has 0 aliphatic carbocycles. The standard InChI is InChI=1S/C14H22N2O3/c1-18-13-5-2-12(3-6-13)4-7-14(17)16-9-11-19-10-8-15/h2-3,5-6H,4,7-11,15H2,1H3,(H,16,17). The number of rotatable bonds is 9. The number of nitrogens with one attached hydrogen (secondary N) is 1. The minimum absolute atomic E-state index is 0.0344. The predicted molar refractivity (Wildman–Crippen MR) is 74.2 cm³/mol. The first-order valence-corrected chi connectivity index (χ1v) is 6.43. The first kappa shape index (κ1) is 15.5. The quantitative estimate of drug-likeness (QED) is 0.646. The molecule has 0 saturated heterocycles. The fraction of sp³-hybridized carbons (Fsp3) is 0.500. The van der Waals surface area contributed by atoms with E-state index in [0.29, 0.717) is 32.7 Å². The van der Waals surface area contributed by atoms with Crippen LogP contribution in [-0.4, -0.2) is 39.3 Å². The topological polar surface area (TPSA) is 73.6 Å². The summed E-state index contributed by atoms with van der Waals surface area (Å²) in [4.78, 5) is 11.6. The van der Waals surface area contributed by atoms with E-state index in [1.165, 1.54) is 0 Å². The second kappa shape index (κ2) is 9.35. The van der Waals surface area contributed by atoms with Gasteiger partial charge in [-0.05, 0) is 24.1 Å². The van der Waals surface area contributed by atoms with Gasteiger partial charge in [0.25, 0.3) is 0 Å². The highest BCUT2D eigenvalue weighted by Crippen LogP contribution is 2.12. The van der Waals surface area contributed by atoms with Crippen molar-refractivity contribution in [2.45, 2.75) is 12.8 Å². The number of carbonyl (C=O) groups excluding carboxylic acids is 1. The number of hydrogen-bond acceptors (Lipinski definition) is 4. The van der Waals surface area contributed by atoms with Crippen LogP contribution in [0.25, 0.3) is 0 Å². The number of methoxy groups -OCH3 is 1. The van der Waals surface area contributed by atoms with Gasteiger partial charge in [-0.3, -0.25) is 4.79 Å². The van der Waals surface area contributed by atoms with E-state index in [1.54, 1.807) is 7.11 Å². The summed E-state index contributed by atoms with van der Waals surface area (Å²) < 4.78 is 10.2. The zero-order valence-corrected chi connectivity index (χ0v) is 11.4. The first-order chi connectivity index (χ1) is 9.26. The minimum Gasteiger partial charge on any atom is -0.497 e. The highest BCUT2D eigenvalue weighted by Gasteiger charge is 2.02. The molecule has 0 fully saturated rings. The Morgan fingerprint density at radius 3 is 2.63 bits per heavy atom. The Labute approximate surface area is 114 Å². The van der Waals surface area contributed by atoms with E-state index in [4.69, 9.17) is 15.2 Å². The molecule has 3 N–H and O–H groups in total. The van der Waals surface area contributed by atoms with Crippen LogP contribution >= 0.6 is 0 Å². The second-order valence-electron chi connectivity index (χ2n) is 4.10. The minimum atomic E-state index is 0.0344. The van der Waals surface area contributed by atoms with Crippen LogP contribution < -0.4 is 15.8 Å². The van der Waals surface area contributed by atoms with E-state index in [2.05, 4.69) is 5.32 Å². The Hall–Kier alpha value is -1.59. The van der Waals surface area contributed by atoms with Gasteiger partial charge in [-0.15, -0.1) is 0 Å². The van der Waals surface area contributed by atoms with Crippen LogP contribution in [0.1, 0.15) is 12.0 Å². The fourth-order valence-electron chi connectivity index (χ4n) is 1.59. The molecule has 0 radical (unpaired) electrons. The maximum absolute atomic E-state index is 11.6. The maximum Gasteiger partial charge on any atom is 0.220 e. The highest BCUT2D eigenvalue weighted by molar-refractivity contribution is 5.76. The largest absolute Gasteiger partial charge is 0.497 e. The van der Waals surface area contributed by atoms with Gasteiger partial charge in [-0.25, -0.2) is 0 Å². The van der Waals surface area contributed by atoms with E-state index in [1.807, 2.05) is 24.3 Å². The van der Waals surface area contributed by atoms with Crippen LogP contribution in [-0.2, 0) is 16.0 Å². The van der Waals surface area contributed by atoms with Crippen LogP contribution in [0.4, 0.5) is 0 Å². The molecule has 0 aliphatic heterocycles. The number of amides is 1. The molecule has 1 rings (SSSR count). The molecular formula is C14H22N2O3. The maximum atomic E-state index is 11.6. The van der Waals surface area contributed by atoms with E-state index >= 15 is 0 Å². The average molecular weight is 266 g/mol. The molecule has 19 heavy (non-hydrogen) atoms. The van der Waals surface area contributed by atoms with E-state index < -0.39 is 0 Å². The third kappa shape index (κ3) is 6.79. The normalized spacial score (nSPS) is 10.2. The van der Waals surface area contributed by atoms with Crippen molar-refractivity contribution in [3.05, 3.63) is 29.8 Å². The smallest absolute Gasteiger partial charge is 0.220 e. The van der Waals surface area contributed by atoms with Crippen LogP contribution in [0.5, 0.6) is 5.75 Å². The molecule has 5 nitrogen and oxygen atoms in total. The lowest BCUT2D eigenvalue weighted by Crippen LogP contribution is -2.28. The van der Waals surface area contributed by atoms with Crippen molar-refractivity contribution in [1.29, 1.82) is 0 Å². The van der Waals surface area contributed by atoms with E-state index in [0.717, 1.165) is 17.7 Å². The summed E-state index contributed by atoms with van der Waals surface area (Å²) in [5.74, 6) is 0.859. The fourth-order valence-corrected chi connectivity index (χ4v) is 1.59. The monoisotopic (exact) mass is 266 g/mol. The number of hydrogen-bond donors (Lipinski definition) is 2. The third-order valence-corrected chi connectivity index (χ3v) is 2.63. The molecular weight excluding hydrogens is 244 g/mol. The van der Waals surface area contributed by atoms with Gasteiger partial charge in [0.15, 0.2) is 0 Å². The molecule has 1 aromatic rings. The summed E-state index contributed by atoms with van der Waals surface area (Å²) in [5, 5.41) is 2.80.